The highest BCUT2D eigenvalue weighted by Gasteiger charge is 2.73. The molecule has 0 radical (unpaired) electrons. The third-order valence-corrected chi connectivity index (χ3v) is 2.28. The molecule has 0 aromatic heterocycles. The highest BCUT2D eigenvalue weighted by atomic mass is 127. The lowest BCUT2D eigenvalue weighted by Gasteiger charge is -2.32. The van der Waals surface area contributed by atoms with Crippen molar-refractivity contribution in [2.24, 2.45) is 0 Å². The molecule has 0 fully saturated rings. The van der Waals surface area contributed by atoms with Gasteiger partial charge in [0.15, 0.2) is 4.11 Å². The fraction of sp³-hybridized carbons (Fsp3) is 1.00. The van der Waals surface area contributed by atoms with Crippen molar-refractivity contribution in [2.45, 2.75) is 28.5 Å². The minimum atomic E-state index is -6.12. The van der Waals surface area contributed by atoms with Crippen LogP contribution < -0.4 is 0 Å². The Morgan fingerprint density at radius 1 is 1.06 bits per heavy atom. The molecule has 0 aliphatic heterocycles. The van der Waals surface area contributed by atoms with Crippen LogP contribution in [0.15, 0.2) is 0 Å². The summed E-state index contributed by atoms with van der Waals surface area (Å²) in [6, 6.07) is 0. The molecule has 0 bridgehead atoms. The Morgan fingerprint density at radius 3 is 1.76 bits per heavy atom. The minimum absolute atomic E-state index is 0.544. The fourth-order valence-corrected chi connectivity index (χ4v) is 0.898. The predicted molar refractivity (Wildman–Crippen MR) is 46.8 cm³/mol. The van der Waals surface area contributed by atoms with Crippen LogP contribution in [0.4, 0.5) is 35.1 Å². The van der Waals surface area contributed by atoms with E-state index in [-0.39, 0.29) is 0 Å². The van der Waals surface area contributed by atoms with Crippen LogP contribution in [0.25, 0.3) is 0 Å². The first kappa shape index (κ1) is 17.1. The maximum atomic E-state index is 12.6. The molecule has 0 amide bonds. The first-order chi connectivity index (χ1) is 7.39. The quantitative estimate of drug-likeness (QED) is 0.431. The summed E-state index contributed by atoms with van der Waals surface area (Å²) < 4.78 is 98.7. The zero-order chi connectivity index (χ0) is 14.1. The number of alkyl halides is 9. The van der Waals surface area contributed by atoms with Crippen LogP contribution in [-0.4, -0.2) is 40.2 Å². The van der Waals surface area contributed by atoms with Gasteiger partial charge in [0.05, 0.1) is 0 Å². The standard InChI is InChI=1S/C6H5F8IO2/c7-2(8)3(15)17-6(13,14)5(11,12)4(9,10)1-16/h2-3,16H,1H2. The molecule has 11 heteroatoms. The number of aliphatic hydroxyl groups excluding tert-OH is 1. The molecular weight excluding hydrogens is 383 g/mol. The molecule has 0 spiro atoms. The highest BCUT2D eigenvalue weighted by Crippen LogP contribution is 2.47. The summed E-state index contributed by atoms with van der Waals surface area (Å²) in [7, 11) is 0. The number of ether oxygens (including phenoxy) is 1. The van der Waals surface area contributed by atoms with E-state index in [4.69, 9.17) is 5.11 Å². The van der Waals surface area contributed by atoms with Crippen molar-refractivity contribution in [2.75, 3.05) is 6.61 Å². The summed E-state index contributed by atoms with van der Waals surface area (Å²) in [6.07, 6.45) is -9.42. The third-order valence-electron chi connectivity index (χ3n) is 1.48. The van der Waals surface area contributed by atoms with Crippen molar-refractivity contribution in [3.05, 3.63) is 0 Å². The Balaban J connectivity index is 5.03. The number of hydrogen-bond acceptors (Lipinski definition) is 2. The summed E-state index contributed by atoms with van der Waals surface area (Å²) in [5.74, 6) is -11.6. The van der Waals surface area contributed by atoms with E-state index in [1.165, 1.54) is 0 Å². The van der Waals surface area contributed by atoms with Gasteiger partial charge in [-0.3, -0.25) is 4.74 Å². The van der Waals surface area contributed by atoms with Crippen molar-refractivity contribution in [1.29, 1.82) is 0 Å². The van der Waals surface area contributed by atoms with Gasteiger partial charge in [-0.1, -0.05) is 0 Å². The molecule has 0 saturated carbocycles. The smallest absolute Gasteiger partial charge is 0.390 e. The molecule has 2 nitrogen and oxygen atoms in total. The number of aliphatic hydroxyl groups is 1. The Hall–Kier alpha value is 0.0900. The molecule has 104 valence electrons. The van der Waals surface area contributed by atoms with E-state index in [0.29, 0.717) is 22.6 Å². The van der Waals surface area contributed by atoms with Crippen LogP contribution in [0.2, 0.25) is 0 Å². The normalized spacial score (nSPS) is 16.4. The average Bonchev–Trinajstić information content (AvgIpc) is 2.16. The summed E-state index contributed by atoms with van der Waals surface area (Å²) in [4.78, 5) is 0. The molecule has 0 rings (SSSR count). The number of hydrogen-bond donors (Lipinski definition) is 1. The van der Waals surface area contributed by atoms with E-state index in [9.17, 15) is 35.1 Å². The lowest BCUT2D eigenvalue weighted by molar-refractivity contribution is -0.407. The second-order valence-corrected chi connectivity index (χ2v) is 3.98. The number of rotatable bonds is 6. The molecule has 1 N–H and O–H groups in total. The van der Waals surface area contributed by atoms with E-state index in [0.717, 1.165) is 0 Å². The van der Waals surface area contributed by atoms with Gasteiger partial charge in [-0.15, -0.1) is 0 Å². The second kappa shape index (κ2) is 5.38. The van der Waals surface area contributed by atoms with Gasteiger partial charge in [0.2, 0.25) is 0 Å². The average molecular weight is 388 g/mol. The van der Waals surface area contributed by atoms with Crippen molar-refractivity contribution >= 4 is 22.6 Å². The van der Waals surface area contributed by atoms with Crippen LogP contribution in [-0.2, 0) is 4.74 Å². The highest BCUT2D eigenvalue weighted by molar-refractivity contribution is 14.1. The van der Waals surface area contributed by atoms with E-state index in [1.807, 2.05) is 0 Å². The molecule has 17 heavy (non-hydrogen) atoms. The first-order valence-electron chi connectivity index (χ1n) is 3.73. The predicted octanol–water partition coefficient (Wildman–Crippen LogP) is 2.88. The summed E-state index contributed by atoms with van der Waals surface area (Å²) in [5.41, 5.74) is 0. The summed E-state index contributed by atoms with van der Waals surface area (Å²) >= 11 is 0.544. The van der Waals surface area contributed by atoms with Gasteiger partial charge >= 0.3 is 18.0 Å². The van der Waals surface area contributed by atoms with Gasteiger partial charge in [-0.05, 0) is 22.6 Å². The molecular formula is C6H5F8IO2. The van der Waals surface area contributed by atoms with Crippen molar-refractivity contribution < 1.29 is 45.0 Å². The Morgan fingerprint density at radius 2 is 1.47 bits per heavy atom. The molecule has 0 aliphatic rings. The maximum Gasteiger partial charge on any atom is 0.427 e. The van der Waals surface area contributed by atoms with Crippen LogP contribution in [0.5, 0.6) is 0 Å². The second-order valence-electron chi connectivity index (χ2n) is 2.76. The lowest BCUT2D eigenvalue weighted by atomic mass is 10.1. The Labute approximate surface area is 103 Å². The molecule has 0 aromatic rings. The van der Waals surface area contributed by atoms with Gasteiger partial charge < -0.3 is 5.11 Å². The Bertz CT molecular complexity index is 258. The molecule has 1 unspecified atom stereocenters. The maximum absolute atomic E-state index is 12.6. The zero-order valence-electron chi connectivity index (χ0n) is 7.62. The number of halogens is 9. The third kappa shape index (κ3) is 3.53. The topological polar surface area (TPSA) is 29.5 Å². The largest absolute Gasteiger partial charge is 0.427 e. The fourth-order valence-electron chi connectivity index (χ4n) is 0.579. The Kier molecular flexibility index (Phi) is 5.41. The van der Waals surface area contributed by atoms with E-state index >= 15 is 0 Å². The van der Waals surface area contributed by atoms with Gasteiger partial charge in [0.1, 0.15) is 6.61 Å². The van der Waals surface area contributed by atoms with Crippen molar-refractivity contribution in [3.8, 4) is 0 Å². The zero-order valence-corrected chi connectivity index (χ0v) is 9.78. The molecule has 0 saturated heterocycles. The van der Waals surface area contributed by atoms with Gasteiger partial charge in [-0.25, -0.2) is 8.78 Å². The minimum Gasteiger partial charge on any atom is -0.390 e. The van der Waals surface area contributed by atoms with E-state index in [2.05, 4.69) is 4.74 Å². The van der Waals surface area contributed by atoms with Gasteiger partial charge in [-0.2, -0.15) is 26.3 Å². The van der Waals surface area contributed by atoms with Crippen LogP contribution >= 0.6 is 22.6 Å². The summed E-state index contributed by atoms with van der Waals surface area (Å²) in [6.45, 7) is -2.58. The van der Waals surface area contributed by atoms with Gasteiger partial charge in [0, 0.05) is 0 Å². The van der Waals surface area contributed by atoms with E-state index < -0.39 is 35.1 Å². The van der Waals surface area contributed by atoms with Crippen LogP contribution in [0.3, 0.4) is 0 Å². The van der Waals surface area contributed by atoms with Crippen LogP contribution in [0, 0.1) is 0 Å². The van der Waals surface area contributed by atoms with Gasteiger partial charge in [0.25, 0.3) is 6.43 Å². The van der Waals surface area contributed by atoms with Crippen molar-refractivity contribution in [1.82, 2.24) is 0 Å². The van der Waals surface area contributed by atoms with Crippen molar-refractivity contribution in [3.63, 3.8) is 0 Å². The van der Waals surface area contributed by atoms with E-state index in [1.54, 1.807) is 0 Å². The molecule has 1 atom stereocenters. The lowest BCUT2D eigenvalue weighted by Crippen LogP contribution is -2.57. The molecule has 0 heterocycles. The first-order valence-corrected chi connectivity index (χ1v) is 4.98. The molecule has 0 aliphatic carbocycles. The SMILES string of the molecule is OCC(F)(F)C(F)(F)C(F)(F)OC(I)C(F)F. The monoisotopic (exact) mass is 388 g/mol. The summed E-state index contributed by atoms with van der Waals surface area (Å²) in [5, 5.41) is 7.87. The van der Waals surface area contributed by atoms with Crippen LogP contribution in [0.1, 0.15) is 0 Å². The molecule has 0 aromatic carbocycles.